The van der Waals surface area contributed by atoms with E-state index in [-0.39, 0.29) is 12.6 Å². The van der Waals surface area contributed by atoms with Crippen molar-refractivity contribution >= 4 is 11.6 Å². The summed E-state index contributed by atoms with van der Waals surface area (Å²) in [5.74, 6) is -0.179. The molecule has 0 aliphatic carbocycles. The van der Waals surface area contributed by atoms with E-state index in [4.69, 9.17) is 4.52 Å². The maximum atomic E-state index is 11.9. The molecule has 2 rings (SSSR count). The Morgan fingerprint density at radius 2 is 1.75 bits per heavy atom. The zero-order chi connectivity index (χ0) is 18.1. The third kappa shape index (κ3) is 5.01. The number of rotatable bonds is 6. The number of benzene rings is 1. The Morgan fingerprint density at radius 3 is 2.25 bits per heavy atom. The standard InChI is InChI=1S/C16H21N3O3.C2H6/c1-4-18(5-2)14-8-6-13(7-9-14)15-10-19(22-16(15)21)11-17-12(3)20;1-2/h6-10H,4-5,11H2,1-3H3,(H,17,20);1-2H3. The Bertz CT molecular complexity index is 682. The van der Waals surface area contributed by atoms with Crippen LogP contribution in [0.15, 0.2) is 39.8 Å². The van der Waals surface area contributed by atoms with E-state index in [2.05, 4.69) is 24.1 Å². The Morgan fingerprint density at radius 1 is 1.17 bits per heavy atom. The molecule has 0 aliphatic rings. The first kappa shape index (κ1) is 19.5. The third-order valence-corrected chi connectivity index (χ3v) is 3.48. The number of carbonyl (C=O) groups is 1. The van der Waals surface area contributed by atoms with Gasteiger partial charge in [0, 0.05) is 25.7 Å². The van der Waals surface area contributed by atoms with Crippen molar-refractivity contribution in [2.45, 2.75) is 41.3 Å². The van der Waals surface area contributed by atoms with Gasteiger partial charge in [-0.05, 0) is 31.5 Å². The van der Waals surface area contributed by atoms with Crippen molar-refractivity contribution in [3.63, 3.8) is 0 Å². The van der Waals surface area contributed by atoms with Crippen LogP contribution in [0.5, 0.6) is 0 Å². The lowest BCUT2D eigenvalue weighted by Crippen LogP contribution is -2.22. The number of nitrogens with zero attached hydrogens (tertiary/aromatic N) is 2. The number of aromatic nitrogens is 1. The summed E-state index contributed by atoms with van der Waals surface area (Å²) in [5, 5.41) is 2.58. The molecular weight excluding hydrogens is 306 g/mol. The molecule has 1 aromatic heterocycles. The van der Waals surface area contributed by atoms with Gasteiger partial charge in [0.15, 0.2) is 0 Å². The maximum Gasteiger partial charge on any atom is 0.365 e. The van der Waals surface area contributed by atoms with Crippen LogP contribution < -0.4 is 15.8 Å². The van der Waals surface area contributed by atoms with Crippen LogP contribution in [0.25, 0.3) is 11.1 Å². The Labute approximate surface area is 143 Å². The monoisotopic (exact) mass is 333 g/mol. The van der Waals surface area contributed by atoms with Gasteiger partial charge in [-0.1, -0.05) is 26.0 Å². The SMILES string of the molecule is CC.CCN(CC)c1ccc(-c2cn(CNC(C)=O)oc2=O)cc1. The summed E-state index contributed by atoms with van der Waals surface area (Å²) in [4.78, 5) is 25.0. The van der Waals surface area contributed by atoms with Crippen LogP contribution in [-0.4, -0.2) is 23.7 Å². The molecule has 6 nitrogen and oxygen atoms in total. The second kappa shape index (κ2) is 9.60. The van der Waals surface area contributed by atoms with Crippen LogP contribution in [0.3, 0.4) is 0 Å². The summed E-state index contributed by atoms with van der Waals surface area (Å²) in [6.45, 7) is 11.6. The van der Waals surface area contributed by atoms with E-state index < -0.39 is 5.63 Å². The third-order valence-electron chi connectivity index (χ3n) is 3.48. The molecule has 24 heavy (non-hydrogen) atoms. The largest absolute Gasteiger partial charge is 0.372 e. The molecule has 0 aliphatic heterocycles. The fraction of sp³-hybridized carbons (Fsp3) is 0.444. The molecule has 1 N–H and O–H groups in total. The van der Waals surface area contributed by atoms with Crippen molar-refractivity contribution in [2.24, 2.45) is 0 Å². The van der Waals surface area contributed by atoms with Crippen molar-refractivity contribution < 1.29 is 9.32 Å². The summed E-state index contributed by atoms with van der Waals surface area (Å²) in [6, 6.07) is 7.80. The summed E-state index contributed by atoms with van der Waals surface area (Å²) in [6.07, 6.45) is 1.60. The first-order valence-corrected chi connectivity index (χ1v) is 8.35. The molecule has 0 unspecified atom stereocenters. The molecule has 0 radical (unpaired) electrons. The molecule has 2 aromatic rings. The highest BCUT2D eigenvalue weighted by Gasteiger charge is 2.10. The van der Waals surface area contributed by atoms with E-state index in [0.717, 1.165) is 24.3 Å². The number of hydrogen-bond donors (Lipinski definition) is 1. The minimum Gasteiger partial charge on any atom is -0.372 e. The smallest absolute Gasteiger partial charge is 0.365 e. The quantitative estimate of drug-likeness (QED) is 0.882. The topological polar surface area (TPSA) is 67.5 Å². The average Bonchev–Trinajstić information content (AvgIpc) is 2.97. The number of hydrogen-bond acceptors (Lipinski definition) is 4. The molecule has 132 valence electrons. The van der Waals surface area contributed by atoms with E-state index in [1.165, 1.54) is 11.7 Å². The number of carbonyl (C=O) groups excluding carboxylic acids is 1. The van der Waals surface area contributed by atoms with Gasteiger partial charge in [-0.3, -0.25) is 4.79 Å². The lowest BCUT2D eigenvalue weighted by molar-refractivity contribution is -0.119. The number of amides is 1. The summed E-state index contributed by atoms with van der Waals surface area (Å²) in [5.41, 5.74) is 1.99. The number of anilines is 1. The Balaban J connectivity index is 0.00000139. The molecule has 0 atom stereocenters. The predicted molar refractivity (Wildman–Crippen MR) is 97.1 cm³/mol. The molecule has 1 amide bonds. The molecule has 1 aromatic carbocycles. The zero-order valence-corrected chi connectivity index (χ0v) is 15.1. The van der Waals surface area contributed by atoms with E-state index in [1.54, 1.807) is 6.20 Å². The second-order valence-electron chi connectivity index (χ2n) is 4.95. The van der Waals surface area contributed by atoms with Gasteiger partial charge in [0.25, 0.3) is 0 Å². The van der Waals surface area contributed by atoms with E-state index in [9.17, 15) is 9.59 Å². The number of nitrogens with one attached hydrogen (secondary N) is 1. The molecule has 0 bridgehead atoms. The van der Waals surface area contributed by atoms with Gasteiger partial charge >= 0.3 is 5.63 Å². The minimum atomic E-state index is -0.416. The molecule has 0 saturated heterocycles. The molecular formula is C18H27N3O3. The second-order valence-corrected chi connectivity index (χ2v) is 4.95. The molecule has 0 spiro atoms. The Hall–Kier alpha value is -2.50. The lowest BCUT2D eigenvalue weighted by Gasteiger charge is -2.20. The lowest BCUT2D eigenvalue weighted by atomic mass is 10.1. The highest BCUT2D eigenvalue weighted by molar-refractivity contribution is 5.72. The predicted octanol–water partition coefficient (Wildman–Crippen LogP) is 3.07. The van der Waals surface area contributed by atoms with Gasteiger partial charge in [-0.25, -0.2) is 4.79 Å². The van der Waals surface area contributed by atoms with Crippen LogP contribution in [-0.2, 0) is 11.5 Å². The van der Waals surface area contributed by atoms with Crippen molar-refractivity contribution in [1.29, 1.82) is 0 Å². The van der Waals surface area contributed by atoms with Crippen molar-refractivity contribution in [3.8, 4) is 11.1 Å². The fourth-order valence-electron chi connectivity index (χ4n) is 2.28. The van der Waals surface area contributed by atoms with E-state index >= 15 is 0 Å². The van der Waals surface area contributed by atoms with Gasteiger partial charge < -0.3 is 14.7 Å². The summed E-state index contributed by atoms with van der Waals surface area (Å²) < 4.78 is 6.39. The van der Waals surface area contributed by atoms with E-state index in [1.807, 2.05) is 38.1 Å². The van der Waals surface area contributed by atoms with Gasteiger partial charge in [0.05, 0.1) is 11.8 Å². The Kier molecular flexibility index (Phi) is 7.82. The first-order chi connectivity index (χ1) is 11.5. The minimum absolute atomic E-state index is 0.141. The van der Waals surface area contributed by atoms with Gasteiger partial charge in [0.1, 0.15) is 6.67 Å². The zero-order valence-electron chi connectivity index (χ0n) is 15.1. The molecule has 0 fully saturated rings. The van der Waals surface area contributed by atoms with Crippen LogP contribution in [0, 0.1) is 0 Å². The highest BCUT2D eigenvalue weighted by atomic mass is 16.5. The van der Waals surface area contributed by atoms with E-state index in [0.29, 0.717) is 5.56 Å². The maximum absolute atomic E-state index is 11.9. The fourth-order valence-corrected chi connectivity index (χ4v) is 2.28. The summed E-state index contributed by atoms with van der Waals surface area (Å²) >= 11 is 0. The molecule has 6 heteroatoms. The highest BCUT2D eigenvalue weighted by Crippen LogP contribution is 2.21. The van der Waals surface area contributed by atoms with Crippen LogP contribution in [0.4, 0.5) is 5.69 Å². The van der Waals surface area contributed by atoms with Crippen LogP contribution >= 0.6 is 0 Å². The first-order valence-electron chi connectivity index (χ1n) is 8.35. The van der Waals surface area contributed by atoms with Crippen molar-refractivity contribution in [2.75, 3.05) is 18.0 Å². The van der Waals surface area contributed by atoms with Gasteiger partial charge in [-0.2, -0.15) is 4.74 Å². The average molecular weight is 333 g/mol. The van der Waals surface area contributed by atoms with Gasteiger partial charge in [-0.15, -0.1) is 0 Å². The summed E-state index contributed by atoms with van der Waals surface area (Å²) in [7, 11) is 0. The van der Waals surface area contributed by atoms with Gasteiger partial charge in [0.2, 0.25) is 5.91 Å². The van der Waals surface area contributed by atoms with Crippen molar-refractivity contribution in [3.05, 3.63) is 40.9 Å². The molecule has 0 saturated carbocycles. The van der Waals surface area contributed by atoms with Crippen molar-refractivity contribution in [1.82, 2.24) is 10.1 Å². The van der Waals surface area contributed by atoms with Crippen LogP contribution in [0.1, 0.15) is 34.6 Å². The molecule has 1 heterocycles. The van der Waals surface area contributed by atoms with Crippen LogP contribution in [0.2, 0.25) is 0 Å². The normalized spacial score (nSPS) is 9.88.